The lowest BCUT2D eigenvalue weighted by molar-refractivity contribution is 0.0593. The van der Waals surface area contributed by atoms with E-state index in [4.69, 9.17) is 0 Å². The van der Waals surface area contributed by atoms with Crippen molar-refractivity contribution in [3.05, 3.63) is 63.3 Å². The highest BCUT2D eigenvalue weighted by Gasteiger charge is 2.15. The summed E-state index contributed by atoms with van der Waals surface area (Å²) in [6, 6.07) is 6.82. The van der Waals surface area contributed by atoms with Gasteiger partial charge in [-0.1, -0.05) is 12.1 Å². The number of aromatic nitrogens is 2. The van der Waals surface area contributed by atoms with Crippen molar-refractivity contribution < 1.29 is 14.3 Å². The summed E-state index contributed by atoms with van der Waals surface area (Å²) >= 11 is 0. The molecule has 2 aromatic rings. The number of esters is 1. The average Bonchev–Trinajstić information content (AvgIpc) is 2.62. The lowest BCUT2D eigenvalue weighted by Gasteiger charge is -2.16. The van der Waals surface area contributed by atoms with Gasteiger partial charge in [-0.15, -0.1) is 0 Å². The first-order chi connectivity index (χ1) is 11.6. The van der Waals surface area contributed by atoms with Gasteiger partial charge in [0.1, 0.15) is 0 Å². The maximum atomic E-state index is 12.4. The Balaban J connectivity index is 1.80. The molecule has 0 bridgehead atoms. The Bertz CT molecular complexity index is 854. The van der Waals surface area contributed by atoms with Crippen LogP contribution in [0, 0.1) is 0 Å². The van der Waals surface area contributed by atoms with Gasteiger partial charge >= 0.3 is 5.97 Å². The maximum absolute atomic E-state index is 12.4. The standard InChI is InChI=1S/C18H18N2O4/c1-24-18(23)15-9-17(22)20(11-19-15)10-16(21)14-7-6-12-4-2-3-5-13(12)8-14/h6-9,11H,2-5,10H2,1H3. The molecular weight excluding hydrogens is 308 g/mol. The second-order valence-corrected chi connectivity index (χ2v) is 5.85. The van der Waals surface area contributed by atoms with Gasteiger partial charge in [0.2, 0.25) is 0 Å². The van der Waals surface area contributed by atoms with Crippen LogP contribution in [0.2, 0.25) is 0 Å². The zero-order chi connectivity index (χ0) is 17.1. The van der Waals surface area contributed by atoms with Gasteiger partial charge in [0.25, 0.3) is 5.56 Å². The topological polar surface area (TPSA) is 78.3 Å². The molecule has 0 saturated carbocycles. The summed E-state index contributed by atoms with van der Waals surface area (Å²) < 4.78 is 5.71. The van der Waals surface area contributed by atoms with E-state index in [2.05, 4.69) is 9.72 Å². The zero-order valence-electron chi connectivity index (χ0n) is 13.4. The van der Waals surface area contributed by atoms with Crippen LogP contribution in [0.3, 0.4) is 0 Å². The van der Waals surface area contributed by atoms with E-state index >= 15 is 0 Å². The molecule has 0 aliphatic heterocycles. The van der Waals surface area contributed by atoms with Crippen LogP contribution in [0.15, 0.2) is 35.4 Å². The fraction of sp³-hybridized carbons (Fsp3) is 0.333. The molecule has 1 aromatic carbocycles. The number of aryl methyl sites for hydroxylation is 2. The normalized spacial score (nSPS) is 13.2. The summed E-state index contributed by atoms with van der Waals surface area (Å²) in [5.74, 6) is -0.835. The minimum Gasteiger partial charge on any atom is -0.464 e. The number of ether oxygens (including phenoxy) is 1. The number of nitrogens with zero attached hydrogens (tertiary/aromatic N) is 2. The molecule has 0 amide bonds. The van der Waals surface area contributed by atoms with Crippen molar-refractivity contribution >= 4 is 11.8 Å². The first kappa shape index (κ1) is 16.1. The molecule has 0 N–H and O–H groups in total. The van der Waals surface area contributed by atoms with Crippen molar-refractivity contribution in [1.29, 1.82) is 0 Å². The van der Waals surface area contributed by atoms with Crippen LogP contribution in [-0.2, 0) is 24.1 Å². The number of methoxy groups -OCH3 is 1. The van der Waals surface area contributed by atoms with Gasteiger partial charge < -0.3 is 4.74 Å². The number of rotatable bonds is 4. The summed E-state index contributed by atoms with van der Waals surface area (Å²) in [6.07, 6.45) is 5.58. The van der Waals surface area contributed by atoms with E-state index in [0.717, 1.165) is 25.3 Å². The van der Waals surface area contributed by atoms with Crippen molar-refractivity contribution in [2.75, 3.05) is 7.11 Å². The van der Waals surface area contributed by atoms with Gasteiger partial charge in [-0.25, -0.2) is 9.78 Å². The molecule has 0 saturated heterocycles. The fourth-order valence-corrected chi connectivity index (χ4v) is 2.91. The number of benzene rings is 1. The van der Waals surface area contributed by atoms with Crippen LogP contribution in [0.1, 0.15) is 44.8 Å². The Labute approximate surface area is 139 Å². The molecule has 6 heteroatoms. The summed E-state index contributed by atoms with van der Waals surface area (Å²) in [7, 11) is 1.22. The second kappa shape index (κ2) is 6.78. The average molecular weight is 326 g/mol. The minimum absolute atomic E-state index is 0.0695. The van der Waals surface area contributed by atoms with Crippen LogP contribution in [0.4, 0.5) is 0 Å². The number of fused-ring (bicyclic) bond motifs is 1. The molecule has 1 aromatic heterocycles. The molecule has 24 heavy (non-hydrogen) atoms. The largest absolute Gasteiger partial charge is 0.464 e. The van der Waals surface area contributed by atoms with E-state index in [0.29, 0.717) is 5.56 Å². The molecule has 1 aliphatic carbocycles. The van der Waals surface area contributed by atoms with Gasteiger partial charge in [0.05, 0.1) is 20.0 Å². The third kappa shape index (κ3) is 3.27. The van der Waals surface area contributed by atoms with E-state index in [1.807, 2.05) is 18.2 Å². The van der Waals surface area contributed by atoms with E-state index in [9.17, 15) is 14.4 Å². The lowest BCUT2D eigenvalue weighted by atomic mass is 9.90. The monoisotopic (exact) mass is 326 g/mol. The van der Waals surface area contributed by atoms with Crippen molar-refractivity contribution in [2.24, 2.45) is 0 Å². The van der Waals surface area contributed by atoms with Gasteiger partial charge in [-0.2, -0.15) is 0 Å². The highest BCUT2D eigenvalue weighted by Crippen LogP contribution is 2.22. The summed E-state index contributed by atoms with van der Waals surface area (Å²) in [5, 5.41) is 0. The van der Waals surface area contributed by atoms with Crippen LogP contribution in [0.5, 0.6) is 0 Å². The molecule has 1 aliphatic rings. The first-order valence-corrected chi connectivity index (χ1v) is 7.88. The van der Waals surface area contributed by atoms with Crippen molar-refractivity contribution in [2.45, 2.75) is 32.2 Å². The second-order valence-electron chi connectivity index (χ2n) is 5.85. The van der Waals surface area contributed by atoms with Crippen molar-refractivity contribution in [3.63, 3.8) is 0 Å². The highest BCUT2D eigenvalue weighted by atomic mass is 16.5. The predicted octanol–water partition coefficient (Wildman–Crippen LogP) is 1.79. The third-order valence-electron chi connectivity index (χ3n) is 4.26. The Hall–Kier alpha value is -2.76. The Morgan fingerprint density at radius 2 is 1.92 bits per heavy atom. The van der Waals surface area contributed by atoms with Gasteiger partial charge in [0, 0.05) is 11.6 Å². The molecule has 3 rings (SSSR count). The SMILES string of the molecule is COC(=O)c1cc(=O)n(CC(=O)c2ccc3c(c2)CCCC3)cn1. The van der Waals surface area contributed by atoms with Crippen LogP contribution in [-0.4, -0.2) is 28.4 Å². The minimum atomic E-state index is -0.680. The van der Waals surface area contributed by atoms with Gasteiger partial charge in [-0.05, 0) is 42.9 Å². The Kier molecular flexibility index (Phi) is 4.55. The summed E-state index contributed by atoms with van der Waals surface area (Å²) in [5.41, 5.74) is 2.59. The first-order valence-electron chi connectivity index (χ1n) is 7.88. The molecule has 124 valence electrons. The van der Waals surface area contributed by atoms with Crippen molar-refractivity contribution in [1.82, 2.24) is 9.55 Å². The number of ketones is 1. The molecule has 6 nitrogen and oxygen atoms in total. The number of carbonyl (C=O) groups is 2. The number of hydrogen-bond acceptors (Lipinski definition) is 5. The van der Waals surface area contributed by atoms with Gasteiger partial charge in [0.15, 0.2) is 11.5 Å². The molecule has 0 radical (unpaired) electrons. The van der Waals surface area contributed by atoms with Gasteiger partial charge in [-0.3, -0.25) is 14.2 Å². The smallest absolute Gasteiger partial charge is 0.356 e. The molecule has 0 spiro atoms. The van der Waals surface area contributed by atoms with E-state index in [1.165, 1.54) is 35.6 Å². The number of hydrogen-bond donors (Lipinski definition) is 0. The summed E-state index contributed by atoms with van der Waals surface area (Å²) in [6.45, 7) is -0.105. The molecule has 1 heterocycles. The third-order valence-corrected chi connectivity index (χ3v) is 4.26. The van der Waals surface area contributed by atoms with Crippen LogP contribution < -0.4 is 5.56 Å². The van der Waals surface area contributed by atoms with Crippen LogP contribution in [0.25, 0.3) is 0 Å². The lowest BCUT2D eigenvalue weighted by Crippen LogP contribution is -2.26. The summed E-state index contributed by atoms with van der Waals surface area (Å²) in [4.78, 5) is 39.7. The van der Waals surface area contributed by atoms with Crippen LogP contribution >= 0.6 is 0 Å². The zero-order valence-corrected chi connectivity index (χ0v) is 13.4. The maximum Gasteiger partial charge on any atom is 0.356 e. The fourth-order valence-electron chi connectivity index (χ4n) is 2.91. The van der Waals surface area contributed by atoms with E-state index in [-0.39, 0.29) is 18.0 Å². The molecular formula is C18H18N2O4. The highest BCUT2D eigenvalue weighted by molar-refractivity contribution is 5.96. The van der Waals surface area contributed by atoms with E-state index in [1.54, 1.807) is 0 Å². The van der Waals surface area contributed by atoms with Crippen molar-refractivity contribution in [3.8, 4) is 0 Å². The Morgan fingerprint density at radius 1 is 1.17 bits per heavy atom. The predicted molar refractivity (Wildman–Crippen MR) is 87.3 cm³/mol. The van der Waals surface area contributed by atoms with E-state index < -0.39 is 11.5 Å². The molecule has 0 fully saturated rings. The number of Topliss-reactive ketones (excluding diaryl/α,β-unsaturated/α-hetero) is 1. The number of carbonyl (C=O) groups excluding carboxylic acids is 2. The quantitative estimate of drug-likeness (QED) is 0.632. The molecule has 0 unspecified atom stereocenters. The molecule has 0 atom stereocenters. The Morgan fingerprint density at radius 3 is 2.62 bits per heavy atom.